The van der Waals surface area contributed by atoms with Crippen LogP contribution in [0.5, 0.6) is 11.5 Å². The lowest BCUT2D eigenvalue weighted by Gasteiger charge is -2.09. The molecule has 1 aromatic carbocycles. The van der Waals surface area contributed by atoms with E-state index in [-0.39, 0.29) is 22.8 Å². The Labute approximate surface area is 136 Å². The number of imidazole rings is 1. The number of ketones is 1. The van der Waals surface area contributed by atoms with Gasteiger partial charge < -0.3 is 15.2 Å². The van der Waals surface area contributed by atoms with Crippen LogP contribution in [0.25, 0.3) is 0 Å². The maximum Gasteiger partial charge on any atom is 0.211 e. The molecule has 0 fully saturated rings. The number of hydrogen-bond acceptors (Lipinski definition) is 4. The molecule has 0 bridgehead atoms. The van der Waals surface area contributed by atoms with Gasteiger partial charge in [-0.3, -0.25) is 4.79 Å². The molecule has 0 aliphatic heterocycles. The highest BCUT2D eigenvalue weighted by Gasteiger charge is 2.16. The molecular weight excluding hydrogens is 292 g/mol. The number of unbranched alkanes of at least 4 members (excludes halogenated alkanes) is 5. The molecule has 3 N–H and O–H groups in total. The monoisotopic (exact) mass is 316 g/mol. The lowest BCUT2D eigenvalue weighted by atomic mass is 9.99. The SMILES string of the molecule is CCCCCCCCc1c(O)cc(C(=O)c2cnc[nH]2)cc1O. The molecule has 2 rings (SSSR count). The molecule has 0 radical (unpaired) electrons. The van der Waals surface area contributed by atoms with Crippen LogP contribution in [0.15, 0.2) is 24.7 Å². The number of rotatable bonds is 9. The summed E-state index contributed by atoms with van der Waals surface area (Å²) in [6.07, 6.45) is 10.3. The molecule has 124 valence electrons. The van der Waals surface area contributed by atoms with E-state index in [2.05, 4.69) is 16.9 Å². The third-order valence-corrected chi connectivity index (χ3v) is 3.99. The molecule has 0 amide bonds. The van der Waals surface area contributed by atoms with Gasteiger partial charge in [0.2, 0.25) is 5.78 Å². The molecule has 0 saturated heterocycles. The molecule has 5 heteroatoms. The number of benzene rings is 1. The number of hydrogen-bond donors (Lipinski definition) is 3. The number of aromatic nitrogens is 2. The minimum absolute atomic E-state index is 0.0265. The Morgan fingerprint density at radius 1 is 1.09 bits per heavy atom. The zero-order chi connectivity index (χ0) is 16.7. The Morgan fingerprint density at radius 2 is 1.74 bits per heavy atom. The first kappa shape index (κ1) is 17.1. The standard InChI is InChI=1S/C18H24N2O3/c1-2-3-4-5-6-7-8-14-16(21)9-13(10-17(14)22)18(23)15-11-19-12-20-15/h9-12,21-22H,2-8H2,1H3,(H,19,20). The smallest absolute Gasteiger partial charge is 0.211 e. The summed E-state index contributed by atoms with van der Waals surface area (Å²) in [5.41, 5.74) is 1.09. The fraction of sp³-hybridized carbons (Fsp3) is 0.444. The van der Waals surface area contributed by atoms with Gasteiger partial charge in [-0.2, -0.15) is 0 Å². The van der Waals surface area contributed by atoms with Gasteiger partial charge in [0.05, 0.1) is 12.5 Å². The number of phenols is 2. The topological polar surface area (TPSA) is 86.2 Å². The van der Waals surface area contributed by atoms with Gasteiger partial charge in [-0.25, -0.2) is 4.98 Å². The van der Waals surface area contributed by atoms with E-state index in [1.54, 1.807) is 0 Å². The van der Waals surface area contributed by atoms with Crippen LogP contribution in [0, 0.1) is 0 Å². The summed E-state index contributed by atoms with van der Waals surface area (Å²) in [5.74, 6) is -0.359. The summed E-state index contributed by atoms with van der Waals surface area (Å²) in [6.45, 7) is 2.18. The second-order valence-electron chi connectivity index (χ2n) is 5.81. The molecule has 0 saturated carbocycles. The van der Waals surface area contributed by atoms with Crippen molar-refractivity contribution in [2.45, 2.75) is 51.9 Å². The second kappa shape index (κ2) is 8.36. The van der Waals surface area contributed by atoms with Crippen molar-refractivity contribution in [3.05, 3.63) is 41.5 Å². The van der Waals surface area contributed by atoms with Gasteiger partial charge in [-0.05, 0) is 25.0 Å². The lowest BCUT2D eigenvalue weighted by molar-refractivity contribution is 0.103. The molecule has 23 heavy (non-hydrogen) atoms. The van der Waals surface area contributed by atoms with Crippen LogP contribution in [-0.4, -0.2) is 26.0 Å². The molecule has 2 aromatic rings. The van der Waals surface area contributed by atoms with Gasteiger partial charge in [0.15, 0.2) is 0 Å². The van der Waals surface area contributed by atoms with Crippen LogP contribution in [-0.2, 0) is 6.42 Å². The number of nitrogens with zero attached hydrogens (tertiary/aromatic N) is 1. The van der Waals surface area contributed by atoms with Crippen molar-refractivity contribution in [3.63, 3.8) is 0 Å². The van der Waals surface area contributed by atoms with Crippen molar-refractivity contribution in [1.82, 2.24) is 9.97 Å². The summed E-state index contributed by atoms with van der Waals surface area (Å²) >= 11 is 0. The number of carbonyl (C=O) groups is 1. The van der Waals surface area contributed by atoms with Crippen molar-refractivity contribution in [2.24, 2.45) is 0 Å². The highest BCUT2D eigenvalue weighted by atomic mass is 16.3. The van der Waals surface area contributed by atoms with Crippen LogP contribution in [0.4, 0.5) is 0 Å². The van der Waals surface area contributed by atoms with Crippen molar-refractivity contribution in [2.75, 3.05) is 0 Å². The van der Waals surface area contributed by atoms with Crippen LogP contribution >= 0.6 is 0 Å². The average molecular weight is 316 g/mol. The first-order chi connectivity index (χ1) is 11.1. The van der Waals surface area contributed by atoms with Gasteiger partial charge in [0, 0.05) is 11.1 Å². The maximum absolute atomic E-state index is 12.2. The second-order valence-corrected chi connectivity index (χ2v) is 5.81. The van der Waals surface area contributed by atoms with Gasteiger partial charge in [0.25, 0.3) is 0 Å². The van der Waals surface area contributed by atoms with E-state index in [1.807, 2.05) is 0 Å². The molecule has 5 nitrogen and oxygen atoms in total. The zero-order valence-corrected chi connectivity index (χ0v) is 13.5. The quantitative estimate of drug-likeness (QED) is 0.483. The Bertz CT molecular complexity index is 613. The Morgan fingerprint density at radius 3 is 2.35 bits per heavy atom. The predicted molar refractivity (Wildman–Crippen MR) is 88.9 cm³/mol. The number of phenolic OH excluding ortho intramolecular Hbond substituents is 2. The van der Waals surface area contributed by atoms with Gasteiger partial charge in [0.1, 0.15) is 17.2 Å². The Balaban J connectivity index is 1.99. The van der Waals surface area contributed by atoms with E-state index in [0.717, 1.165) is 12.8 Å². The number of nitrogens with one attached hydrogen (secondary N) is 1. The van der Waals surface area contributed by atoms with E-state index >= 15 is 0 Å². The van der Waals surface area contributed by atoms with E-state index in [0.29, 0.717) is 17.7 Å². The van der Waals surface area contributed by atoms with Crippen molar-refractivity contribution in [1.29, 1.82) is 0 Å². The summed E-state index contributed by atoms with van der Waals surface area (Å²) < 4.78 is 0. The number of aromatic hydroxyl groups is 2. The summed E-state index contributed by atoms with van der Waals surface area (Å²) in [4.78, 5) is 18.7. The first-order valence-electron chi connectivity index (χ1n) is 8.21. The van der Waals surface area contributed by atoms with Gasteiger partial charge in [-0.1, -0.05) is 39.0 Å². The van der Waals surface area contributed by atoms with E-state index in [9.17, 15) is 15.0 Å². The minimum Gasteiger partial charge on any atom is -0.508 e. The highest BCUT2D eigenvalue weighted by molar-refractivity contribution is 6.08. The molecule has 0 unspecified atom stereocenters. The number of aromatic amines is 1. The highest BCUT2D eigenvalue weighted by Crippen LogP contribution is 2.31. The van der Waals surface area contributed by atoms with Crippen LogP contribution in [0.2, 0.25) is 0 Å². The minimum atomic E-state index is -0.306. The molecule has 0 aliphatic rings. The Hall–Kier alpha value is -2.30. The normalized spacial score (nSPS) is 10.8. The molecule has 0 spiro atoms. The zero-order valence-electron chi connectivity index (χ0n) is 13.5. The number of H-pyrrole nitrogens is 1. The summed E-state index contributed by atoms with van der Waals surface area (Å²) in [5, 5.41) is 20.2. The largest absolute Gasteiger partial charge is 0.508 e. The first-order valence-corrected chi connectivity index (χ1v) is 8.21. The van der Waals surface area contributed by atoms with Crippen molar-refractivity contribution < 1.29 is 15.0 Å². The van der Waals surface area contributed by atoms with Gasteiger partial charge in [-0.15, -0.1) is 0 Å². The third-order valence-electron chi connectivity index (χ3n) is 3.99. The van der Waals surface area contributed by atoms with Crippen LogP contribution in [0.3, 0.4) is 0 Å². The maximum atomic E-state index is 12.2. The molecule has 1 aromatic heterocycles. The average Bonchev–Trinajstić information content (AvgIpc) is 3.06. The Kier molecular flexibility index (Phi) is 6.20. The molecule has 1 heterocycles. The molecule has 0 aliphatic carbocycles. The lowest BCUT2D eigenvalue weighted by Crippen LogP contribution is -2.02. The van der Waals surface area contributed by atoms with Crippen LogP contribution < -0.4 is 0 Å². The third kappa shape index (κ3) is 4.58. The predicted octanol–water partition coefficient (Wildman–Crippen LogP) is 3.95. The van der Waals surface area contributed by atoms with Crippen molar-refractivity contribution in [3.8, 4) is 11.5 Å². The number of carbonyl (C=O) groups excluding carboxylic acids is 1. The summed E-state index contributed by atoms with van der Waals surface area (Å²) in [6, 6.07) is 2.82. The van der Waals surface area contributed by atoms with Crippen molar-refractivity contribution >= 4 is 5.78 Å². The van der Waals surface area contributed by atoms with E-state index in [1.165, 1.54) is 50.3 Å². The fourth-order valence-electron chi connectivity index (χ4n) is 2.65. The van der Waals surface area contributed by atoms with Crippen LogP contribution in [0.1, 0.15) is 67.1 Å². The fourth-order valence-corrected chi connectivity index (χ4v) is 2.65. The van der Waals surface area contributed by atoms with Gasteiger partial charge >= 0.3 is 0 Å². The molecule has 0 atom stereocenters. The van der Waals surface area contributed by atoms with E-state index in [4.69, 9.17) is 0 Å². The summed E-state index contributed by atoms with van der Waals surface area (Å²) in [7, 11) is 0. The molecular formula is C18H24N2O3. The van der Waals surface area contributed by atoms with E-state index < -0.39 is 0 Å².